The van der Waals surface area contributed by atoms with Crippen molar-refractivity contribution in [3.8, 4) is 16.8 Å². The van der Waals surface area contributed by atoms with Crippen molar-refractivity contribution in [1.29, 1.82) is 0 Å². The smallest absolute Gasteiger partial charge is 0.0548 e. The molecule has 0 bridgehead atoms. The lowest BCUT2D eigenvalue weighted by atomic mass is 10.0. The van der Waals surface area contributed by atoms with Crippen LogP contribution in [-0.2, 0) is 0 Å². The van der Waals surface area contributed by atoms with Gasteiger partial charge in [0, 0.05) is 56.8 Å². The Morgan fingerprint density at radius 1 is 0.359 bits per heavy atom. The molecule has 0 radical (unpaired) electrons. The Labute approximate surface area is 232 Å². The number of fused-ring (bicyclic) bond motifs is 9. The highest BCUT2D eigenvalue weighted by Gasteiger charge is 2.15. The highest BCUT2D eigenvalue weighted by molar-refractivity contribution is 7.26. The topological polar surface area (TPSA) is 4.93 Å². The molecule has 9 aromatic rings. The van der Waals surface area contributed by atoms with Crippen molar-refractivity contribution >= 4 is 84.8 Å². The van der Waals surface area contributed by atoms with E-state index in [-0.39, 0.29) is 0 Å². The Balaban J connectivity index is 1.24. The van der Waals surface area contributed by atoms with E-state index in [9.17, 15) is 0 Å². The number of benzene rings is 6. The summed E-state index contributed by atoms with van der Waals surface area (Å²) in [5.74, 6) is 0. The Morgan fingerprint density at radius 3 is 1.72 bits per heavy atom. The van der Waals surface area contributed by atoms with Gasteiger partial charge in [0.2, 0.25) is 0 Å². The molecule has 0 N–H and O–H groups in total. The lowest BCUT2D eigenvalue weighted by molar-refractivity contribution is 1.18. The number of hydrogen-bond acceptors (Lipinski definition) is 2. The van der Waals surface area contributed by atoms with Gasteiger partial charge < -0.3 is 4.57 Å². The summed E-state index contributed by atoms with van der Waals surface area (Å²) in [6, 6.07) is 47.0. The van der Waals surface area contributed by atoms with E-state index in [0.29, 0.717) is 0 Å². The molecule has 6 aromatic carbocycles. The summed E-state index contributed by atoms with van der Waals surface area (Å²) in [5, 5.41) is 7.96. The molecule has 0 aliphatic heterocycles. The minimum Gasteiger partial charge on any atom is -0.309 e. The fourth-order valence-electron chi connectivity index (χ4n) is 6.17. The highest BCUT2D eigenvalue weighted by atomic mass is 32.1. The molecule has 3 aromatic heterocycles. The number of aromatic nitrogens is 1. The quantitative estimate of drug-likeness (QED) is 0.209. The molecular weight excluding hydrogens is 511 g/mol. The summed E-state index contributed by atoms with van der Waals surface area (Å²) in [6.07, 6.45) is 0. The molecule has 0 atom stereocenters. The molecule has 0 saturated carbocycles. The average Bonchev–Trinajstić information content (AvgIpc) is 3.65. The first kappa shape index (κ1) is 21.5. The largest absolute Gasteiger partial charge is 0.309 e. The first-order valence-electron chi connectivity index (χ1n) is 13.2. The van der Waals surface area contributed by atoms with Crippen LogP contribution in [0.25, 0.3) is 79.0 Å². The highest BCUT2D eigenvalue weighted by Crippen LogP contribution is 2.41. The second kappa shape index (κ2) is 8.03. The minimum atomic E-state index is 1.19. The van der Waals surface area contributed by atoms with Crippen molar-refractivity contribution in [2.45, 2.75) is 0 Å². The first-order chi connectivity index (χ1) is 19.3. The molecule has 3 heterocycles. The monoisotopic (exact) mass is 531 g/mol. The van der Waals surface area contributed by atoms with Crippen LogP contribution in [0.15, 0.2) is 127 Å². The van der Waals surface area contributed by atoms with Gasteiger partial charge in [-0.05, 0) is 65.7 Å². The Morgan fingerprint density at radius 2 is 0.949 bits per heavy atom. The van der Waals surface area contributed by atoms with Crippen molar-refractivity contribution < 1.29 is 0 Å². The van der Waals surface area contributed by atoms with Crippen molar-refractivity contribution in [2.75, 3.05) is 0 Å². The lowest BCUT2D eigenvalue weighted by Gasteiger charge is -2.10. The number of nitrogens with zero attached hydrogens (tertiary/aromatic N) is 1. The third-order valence-corrected chi connectivity index (χ3v) is 10.3. The zero-order valence-electron chi connectivity index (χ0n) is 20.9. The zero-order valence-corrected chi connectivity index (χ0v) is 22.5. The standard InChI is InChI=1S/C36H21NS2/c1-4-10-31-25(7-1)28-21-36-30(27-9-3-6-12-34(27)39-36)20-32(28)37(31)24-16-13-22(14-17-24)23-15-18-35-29(19-23)26-8-2-5-11-33(26)38-35/h1-21H. The zero-order chi connectivity index (χ0) is 25.5. The van der Waals surface area contributed by atoms with Gasteiger partial charge in [-0.25, -0.2) is 0 Å². The molecule has 0 unspecified atom stereocenters. The molecule has 0 amide bonds. The van der Waals surface area contributed by atoms with Crippen LogP contribution in [0.1, 0.15) is 0 Å². The van der Waals surface area contributed by atoms with Crippen LogP contribution < -0.4 is 0 Å². The van der Waals surface area contributed by atoms with Crippen molar-refractivity contribution in [1.82, 2.24) is 4.57 Å². The van der Waals surface area contributed by atoms with E-state index in [2.05, 4.69) is 132 Å². The van der Waals surface area contributed by atoms with Gasteiger partial charge in [-0.1, -0.05) is 72.8 Å². The van der Waals surface area contributed by atoms with Gasteiger partial charge in [-0.3, -0.25) is 0 Å². The maximum Gasteiger partial charge on any atom is 0.0548 e. The fraction of sp³-hybridized carbons (Fsp3) is 0. The van der Waals surface area contributed by atoms with Crippen LogP contribution >= 0.6 is 22.7 Å². The van der Waals surface area contributed by atoms with Crippen LogP contribution in [0.5, 0.6) is 0 Å². The molecule has 39 heavy (non-hydrogen) atoms. The molecule has 0 spiro atoms. The summed E-state index contributed by atoms with van der Waals surface area (Å²) in [7, 11) is 0. The number of rotatable bonds is 2. The second-order valence-electron chi connectivity index (χ2n) is 10.2. The van der Waals surface area contributed by atoms with Gasteiger partial charge in [0.25, 0.3) is 0 Å². The van der Waals surface area contributed by atoms with Crippen LogP contribution in [0.3, 0.4) is 0 Å². The normalized spacial score (nSPS) is 12.1. The minimum absolute atomic E-state index is 1.19. The Hall–Kier alpha value is -4.44. The van der Waals surface area contributed by atoms with E-state index in [4.69, 9.17) is 0 Å². The molecular formula is C36H21NS2. The van der Waals surface area contributed by atoms with Gasteiger partial charge in [0.05, 0.1) is 11.0 Å². The van der Waals surface area contributed by atoms with Crippen molar-refractivity contribution in [3.05, 3.63) is 127 Å². The molecule has 1 nitrogen and oxygen atoms in total. The van der Waals surface area contributed by atoms with Crippen molar-refractivity contribution in [2.24, 2.45) is 0 Å². The Kier molecular flexibility index (Phi) is 4.43. The molecule has 3 heteroatoms. The summed E-state index contributed by atoms with van der Waals surface area (Å²) in [6.45, 7) is 0. The van der Waals surface area contributed by atoms with Crippen LogP contribution in [-0.4, -0.2) is 4.57 Å². The SMILES string of the molecule is c1ccc2c(c1)sc1ccc(-c3ccc(-n4c5ccccc5c5cc6sc7ccccc7c6cc54)cc3)cc12. The van der Waals surface area contributed by atoms with E-state index in [1.807, 2.05) is 22.7 Å². The van der Waals surface area contributed by atoms with Crippen LogP contribution in [0, 0.1) is 0 Å². The van der Waals surface area contributed by atoms with E-state index in [1.54, 1.807) is 0 Å². The molecule has 182 valence electrons. The van der Waals surface area contributed by atoms with Crippen LogP contribution in [0.4, 0.5) is 0 Å². The average molecular weight is 532 g/mol. The third-order valence-electron chi connectivity index (χ3n) is 8.01. The van der Waals surface area contributed by atoms with Gasteiger partial charge in [-0.2, -0.15) is 0 Å². The number of thiophene rings is 2. The van der Waals surface area contributed by atoms with E-state index in [1.165, 1.54) is 79.0 Å². The maximum atomic E-state index is 2.43. The van der Waals surface area contributed by atoms with Crippen LogP contribution in [0.2, 0.25) is 0 Å². The summed E-state index contributed by atoms with van der Waals surface area (Å²) >= 11 is 3.75. The van der Waals surface area contributed by atoms with Gasteiger partial charge in [0.15, 0.2) is 0 Å². The first-order valence-corrected chi connectivity index (χ1v) is 14.8. The maximum absolute atomic E-state index is 2.43. The summed E-state index contributed by atoms with van der Waals surface area (Å²) < 4.78 is 7.80. The fourth-order valence-corrected chi connectivity index (χ4v) is 8.39. The van der Waals surface area contributed by atoms with Gasteiger partial charge in [-0.15, -0.1) is 22.7 Å². The molecule has 0 saturated heterocycles. The predicted octanol–water partition coefficient (Wildman–Crippen LogP) is 11.2. The summed E-state index contributed by atoms with van der Waals surface area (Å²) in [4.78, 5) is 0. The molecule has 0 aliphatic rings. The Bertz CT molecular complexity index is 2380. The summed E-state index contributed by atoms with van der Waals surface area (Å²) in [5.41, 5.74) is 6.18. The number of para-hydroxylation sites is 1. The van der Waals surface area contributed by atoms with Gasteiger partial charge >= 0.3 is 0 Å². The number of hydrogen-bond donors (Lipinski definition) is 0. The predicted molar refractivity (Wildman–Crippen MR) is 172 cm³/mol. The van der Waals surface area contributed by atoms with E-state index < -0.39 is 0 Å². The third kappa shape index (κ3) is 3.12. The molecule has 9 rings (SSSR count). The molecule has 0 fully saturated rings. The van der Waals surface area contributed by atoms with Gasteiger partial charge in [0.1, 0.15) is 0 Å². The lowest BCUT2D eigenvalue weighted by Crippen LogP contribution is -1.93. The van der Waals surface area contributed by atoms with E-state index in [0.717, 1.165) is 0 Å². The van der Waals surface area contributed by atoms with Crippen molar-refractivity contribution in [3.63, 3.8) is 0 Å². The van der Waals surface area contributed by atoms with E-state index >= 15 is 0 Å². The molecule has 0 aliphatic carbocycles. The second-order valence-corrected chi connectivity index (χ2v) is 12.3.